The van der Waals surface area contributed by atoms with Crippen LogP contribution in [0.1, 0.15) is 104 Å². The van der Waals surface area contributed by atoms with E-state index < -0.39 is 32.5 Å². The quantitative estimate of drug-likeness (QED) is 0.0333. The first-order valence-corrected chi connectivity index (χ1v) is 17.2. The lowest BCUT2D eigenvalue weighted by atomic mass is 10.1. The molecular formula is C32H59NO8P+. The monoisotopic (exact) mass is 616 g/mol. The number of quaternary nitrogens is 1. The molecule has 0 aliphatic carbocycles. The molecule has 0 fully saturated rings. The smallest absolute Gasteiger partial charge is 0.462 e. The number of hydrogen-bond donors (Lipinski definition) is 1. The maximum absolute atomic E-state index is 12.5. The van der Waals surface area contributed by atoms with Gasteiger partial charge in [0.25, 0.3) is 0 Å². The van der Waals surface area contributed by atoms with Crippen molar-refractivity contribution in [3.8, 4) is 0 Å². The highest BCUT2D eigenvalue weighted by Gasteiger charge is 2.27. The number of carbonyl (C=O) groups excluding carboxylic acids is 2. The molecule has 0 bridgehead atoms. The first kappa shape index (κ1) is 40.2. The van der Waals surface area contributed by atoms with E-state index in [-0.39, 0.29) is 26.1 Å². The van der Waals surface area contributed by atoms with E-state index >= 15 is 0 Å². The Labute approximate surface area is 255 Å². The Morgan fingerprint density at radius 1 is 0.762 bits per heavy atom. The normalized spacial score (nSPS) is 14.5. The molecule has 2 atom stereocenters. The molecule has 0 saturated carbocycles. The number of ether oxygens (including phenoxy) is 2. The number of carbonyl (C=O) groups is 2. The van der Waals surface area contributed by atoms with Crippen LogP contribution >= 0.6 is 7.82 Å². The zero-order valence-corrected chi connectivity index (χ0v) is 27.9. The third-order valence-corrected chi connectivity index (χ3v) is 7.17. The van der Waals surface area contributed by atoms with E-state index in [0.29, 0.717) is 17.4 Å². The van der Waals surface area contributed by atoms with E-state index in [0.717, 1.165) is 70.6 Å². The Bertz CT molecular complexity index is 835. The van der Waals surface area contributed by atoms with Gasteiger partial charge in [-0.3, -0.25) is 18.6 Å². The molecule has 0 spiro atoms. The van der Waals surface area contributed by atoms with Crippen molar-refractivity contribution in [3.05, 3.63) is 36.5 Å². The summed E-state index contributed by atoms with van der Waals surface area (Å²) in [7, 11) is 1.45. The largest absolute Gasteiger partial charge is 0.472 e. The van der Waals surface area contributed by atoms with Gasteiger partial charge in [0.1, 0.15) is 19.8 Å². The zero-order valence-electron chi connectivity index (χ0n) is 27.0. The van der Waals surface area contributed by atoms with E-state index in [4.69, 9.17) is 18.5 Å². The minimum atomic E-state index is -4.36. The molecule has 0 aromatic carbocycles. The third kappa shape index (κ3) is 28.4. The van der Waals surface area contributed by atoms with Crippen LogP contribution in [0.25, 0.3) is 0 Å². The second-order valence-electron chi connectivity index (χ2n) is 11.5. The number of phosphoric ester groups is 1. The average Bonchev–Trinajstić information content (AvgIpc) is 2.91. The molecular weight excluding hydrogens is 557 g/mol. The molecule has 0 heterocycles. The highest BCUT2D eigenvalue weighted by Crippen LogP contribution is 2.43. The summed E-state index contributed by atoms with van der Waals surface area (Å²) in [6.07, 6.45) is 23.8. The molecule has 0 aliphatic heterocycles. The summed E-state index contributed by atoms with van der Waals surface area (Å²) in [6, 6.07) is 0. The number of unbranched alkanes of at least 4 members (excludes halogenated alkanes) is 7. The molecule has 9 nitrogen and oxygen atoms in total. The molecule has 0 amide bonds. The van der Waals surface area contributed by atoms with Crippen LogP contribution < -0.4 is 0 Å². The van der Waals surface area contributed by atoms with Crippen molar-refractivity contribution in [2.45, 2.75) is 110 Å². The van der Waals surface area contributed by atoms with Gasteiger partial charge in [-0.15, -0.1) is 0 Å². The lowest BCUT2D eigenvalue weighted by Gasteiger charge is -2.24. The van der Waals surface area contributed by atoms with Gasteiger partial charge in [0.2, 0.25) is 0 Å². The minimum absolute atomic E-state index is 0.0251. The van der Waals surface area contributed by atoms with Crippen LogP contribution in [0.2, 0.25) is 0 Å². The summed E-state index contributed by atoms with van der Waals surface area (Å²) in [4.78, 5) is 34.7. The van der Waals surface area contributed by atoms with Crippen LogP contribution in [0.4, 0.5) is 0 Å². The van der Waals surface area contributed by atoms with Crippen molar-refractivity contribution in [1.82, 2.24) is 0 Å². The molecule has 1 N–H and O–H groups in total. The van der Waals surface area contributed by atoms with Gasteiger partial charge >= 0.3 is 19.8 Å². The maximum Gasteiger partial charge on any atom is 0.472 e. The van der Waals surface area contributed by atoms with Crippen LogP contribution in [0.15, 0.2) is 36.5 Å². The molecule has 244 valence electrons. The SMILES string of the molecule is CC/C=C\C/C=C\C/C=C\CCCCCC(=O)OC(COC(=O)CCCCCCC)COP(=O)(O)OCC[N+](C)(C)C. The summed E-state index contributed by atoms with van der Waals surface area (Å²) >= 11 is 0. The molecule has 0 aliphatic rings. The molecule has 0 aromatic rings. The Hall–Kier alpha value is -1.77. The Morgan fingerprint density at radius 2 is 1.36 bits per heavy atom. The molecule has 2 unspecified atom stereocenters. The fourth-order valence-corrected chi connectivity index (χ4v) is 4.41. The minimum Gasteiger partial charge on any atom is -0.462 e. The van der Waals surface area contributed by atoms with E-state index in [1.54, 1.807) is 0 Å². The second kappa shape index (κ2) is 25.7. The highest BCUT2D eigenvalue weighted by molar-refractivity contribution is 7.47. The van der Waals surface area contributed by atoms with Crippen molar-refractivity contribution in [1.29, 1.82) is 0 Å². The van der Waals surface area contributed by atoms with Gasteiger partial charge in [-0.2, -0.15) is 0 Å². The number of likely N-dealkylation sites (N-methyl/N-ethyl adjacent to an activating group) is 1. The van der Waals surface area contributed by atoms with Crippen LogP contribution in [0.3, 0.4) is 0 Å². The van der Waals surface area contributed by atoms with Crippen LogP contribution in [-0.2, 0) is 32.7 Å². The van der Waals surface area contributed by atoms with Crippen LogP contribution in [0.5, 0.6) is 0 Å². The number of hydrogen-bond acceptors (Lipinski definition) is 7. The van der Waals surface area contributed by atoms with E-state index in [9.17, 15) is 19.0 Å². The van der Waals surface area contributed by atoms with Gasteiger partial charge in [-0.05, 0) is 44.9 Å². The predicted octanol–water partition coefficient (Wildman–Crippen LogP) is 7.45. The van der Waals surface area contributed by atoms with Crippen molar-refractivity contribution in [3.63, 3.8) is 0 Å². The topological polar surface area (TPSA) is 108 Å². The average molecular weight is 617 g/mol. The lowest BCUT2D eigenvalue weighted by Crippen LogP contribution is -2.37. The van der Waals surface area contributed by atoms with Crippen molar-refractivity contribution in [2.75, 3.05) is 47.5 Å². The van der Waals surface area contributed by atoms with Gasteiger partial charge in [-0.25, -0.2) is 4.57 Å². The number of phosphoric acid groups is 1. The molecule has 42 heavy (non-hydrogen) atoms. The van der Waals surface area contributed by atoms with E-state index in [1.807, 2.05) is 21.1 Å². The van der Waals surface area contributed by atoms with Crippen molar-refractivity contribution in [2.24, 2.45) is 0 Å². The number of allylic oxidation sites excluding steroid dienone is 6. The molecule has 0 aromatic heterocycles. The molecule has 10 heteroatoms. The second-order valence-corrected chi connectivity index (χ2v) is 12.9. The predicted molar refractivity (Wildman–Crippen MR) is 169 cm³/mol. The Kier molecular flexibility index (Phi) is 24.6. The summed E-state index contributed by atoms with van der Waals surface area (Å²) in [5.74, 6) is -0.855. The molecule has 0 saturated heterocycles. The Balaban J connectivity index is 4.55. The summed E-state index contributed by atoms with van der Waals surface area (Å²) in [5.41, 5.74) is 0. The van der Waals surface area contributed by atoms with Gasteiger partial charge in [-0.1, -0.05) is 82.4 Å². The first-order chi connectivity index (χ1) is 20.0. The van der Waals surface area contributed by atoms with Gasteiger partial charge in [0, 0.05) is 12.8 Å². The van der Waals surface area contributed by atoms with Gasteiger partial charge < -0.3 is 18.9 Å². The van der Waals surface area contributed by atoms with Crippen molar-refractivity contribution >= 4 is 19.8 Å². The highest BCUT2D eigenvalue weighted by atomic mass is 31.2. The summed E-state index contributed by atoms with van der Waals surface area (Å²) < 4.78 is 33.7. The number of rotatable bonds is 27. The van der Waals surface area contributed by atoms with Gasteiger partial charge in [0.05, 0.1) is 27.7 Å². The Morgan fingerprint density at radius 3 is 2.00 bits per heavy atom. The van der Waals surface area contributed by atoms with E-state index in [1.165, 1.54) is 0 Å². The van der Waals surface area contributed by atoms with Gasteiger partial charge in [0.15, 0.2) is 6.10 Å². The third-order valence-electron chi connectivity index (χ3n) is 6.18. The first-order valence-electron chi connectivity index (χ1n) is 15.7. The standard InChI is InChI=1S/C32H58NO8P/c1-6-8-10-12-13-14-15-16-17-18-19-21-23-25-32(35)41-30(28-38-31(34)24-22-20-11-9-7-2)29-40-42(36,37)39-27-26-33(3,4)5/h8,10,13-14,16-17,30H,6-7,9,11-12,15,18-29H2,1-5H3/p+1/b10-8-,14-13-,17-16-. The summed E-state index contributed by atoms with van der Waals surface area (Å²) in [6.45, 7) is 4.13. The zero-order chi connectivity index (χ0) is 31.5. The molecule has 0 rings (SSSR count). The number of nitrogens with zero attached hydrogens (tertiary/aromatic N) is 1. The number of esters is 2. The fourth-order valence-electron chi connectivity index (χ4n) is 3.67. The van der Waals surface area contributed by atoms with Crippen LogP contribution in [0, 0.1) is 0 Å². The fraction of sp³-hybridized carbons (Fsp3) is 0.750. The lowest BCUT2D eigenvalue weighted by molar-refractivity contribution is -0.870. The molecule has 0 radical (unpaired) electrons. The summed E-state index contributed by atoms with van der Waals surface area (Å²) in [5, 5.41) is 0. The van der Waals surface area contributed by atoms with Crippen LogP contribution in [-0.4, -0.2) is 74.9 Å². The maximum atomic E-state index is 12.5. The van der Waals surface area contributed by atoms with E-state index in [2.05, 4.69) is 50.3 Å². The van der Waals surface area contributed by atoms with Crippen molar-refractivity contribution < 1.29 is 42.1 Å².